The number of hydrogen-bond acceptors (Lipinski definition) is 4. The molecule has 5 nitrogen and oxygen atoms in total. The number of benzene rings is 1. The third kappa shape index (κ3) is 1.65. The molecule has 2 amide bonds. The molecule has 2 heterocycles. The molecule has 0 radical (unpaired) electrons. The average molecular weight is 275 g/mol. The van der Waals surface area contributed by atoms with E-state index in [0.29, 0.717) is 0 Å². The van der Waals surface area contributed by atoms with Crippen molar-refractivity contribution in [1.29, 1.82) is 0 Å². The molecule has 0 spiro atoms. The van der Waals surface area contributed by atoms with Gasteiger partial charge in [0.15, 0.2) is 5.43 Å². The van der Waals surface area contributed by atoms with Gasteiger partial charge in [0.1, 0.15) is 11.4 Å². The van der Waals surface area contributed by atoms with Gasteiger partial charge in [-0.1, -0.05) is 0 Å². The van der Waals surface area contributed by atoms with Crippen LogP contribution < -0.4 is 5.43 Å². The molecule has 6 heteroatoms. The molecule has 20 heavy (non-hydrogen) atoms. The quantitative estimate of drug-likeness (QED) is 0.738. The van der Waals surface area contributed by atoms with Crippen LogP contribution in [-0.2, 0) is 9.59 Å². The van der Waals surface area contributed by atoms with Crippen LogP contribution in [0.3, 0.4) is 0 Å². The van der Waals surface area contributed by atoms with Gasteiger partial charge in [0.25, 0.3) is 0 Å². The van der Waals surface area contributed by atoms with Crippen molar-refractivity contribution in [3.8, 4) is 0 Å². The van der Waals surface area contributed by atoms with Crippen molar-refractivity contribution in [2.75, 3.05) is 7.05 Å². The van der Waals surface area contributed by atoms with Crippen LogP contribution in [-0.4, -0.2) is 23.8 Å². The summed E-state index contributed by atoms with van der Waals surface area (Å²) in [5.74, 6) is -2.56. The lowest BCUT2D eigenvalue weighted by molar-refractivity contribution is -0.137. The van der Waals surface area contributed by atoms with E-state index in [9.17, 15) is 18.8 Å². The second-order valence-electron chi connectivity index (χ2n) is 4.67. The lowest BCUT2D eigenvalue weighted by Gasteiger charge is -2.12. The van der Waals surface area contributed by atoms with Gasteiger partial charge in [-0.25, -0.2) is 4.39 Å². The van der Waals surface area contributed by atoms with E-state index in [2.05, 4.69) is 0 Å². The molecule has 0 aliphatic carbocycles. The summed E-state index contributed by atoms with van der Waals surface area (Å²) in [5.41, 5.74) is -0.293. The Balaban J connectivity index is 2.32. The van der Waals surface area contributed by atoms with E-state index in [-0.39, 0.29) is 23.0 Å². The van der Waals surface area contributed by atoms with Gasteiger partial charge in [0.05, 0.1) is 17.6 Å². The molecule has 1 atom stereocenters. The predicted octanol–water partition coefficient (Wildman–Crippen LogP) is 1.40. The molecule has 1 aromatic heterocycles. The fourth-order valence-electron chi connectivity index (χ4n) is 2.50. The summed E-state index contributed by atoms with van der Waals surface area (Å²) < 4.78 is 19.3. The standard InChI is InChI=1S/C14H10FNO4/c1-16-11(18)6-7(14(16)19)12-8(15)2-3-10-13(12)9(17)4-5-20-10/h2-5,7H,6H2,1H3. The number of amides is 2. The first-order valence-corrected chi connectivity index (χ1v) is 6.01. The van der Waals surface area contributed by atoms with E-state index in [0.717, 1.165) is 17.0 Å². The molecule has 102 valence electrons. The molecule has 0 N–H and O–H groups in total. The molecule has 3 rings (SSSR count). The molecule has 1 aromatic carbocycles. The monoisotopic (exact) mass is 275 g/mol. The molecular weight excluding hydrogens is 265 g/mol. The van der Waals surface area contributed by atoms with Gasteiger partial charge in [0, 0.05) is 25.1 Å². The maximum absolute atomic E-state index is 14.1. The third-order valence-corrected chi connectivity index (χ3v) is 3.54. The fourth-order valence-corrected chi connectivity index (χ4v) is 2.50. The molecule has 1 saturated heterocycles. The van der Waals surface area contributed by atoms with Gasteiger partial charge in [-0.05, 0) is 12.1 Å². The number of likely N-dealkylation sites (tertiary alicyclic amines) is 1. The molecular formula is C14H10FNO4. The van der Waals surface area contributed by atoms with E-state index < -0.39 is 29.0 Å². The van der Waals surface area contributed by atoms with Crippen LogP contribution in [0, 0.1) is 5.82 Å². The zero-order chi connectivity index (χ0) is 14.4. The van der Waals surface area contributed by atoms with E-state index in [4.69, 9.17) is 4.42 Å². The van der Waals surface area contributed by atoms with Crippen LogP contribution in [0.5, 0.6) is 0 Å². The van der Waals surface area contributed by atoms with Crippen LogP contribution in [0.4, 0.5) is 4.39 Å². The predicted molar refractivity (Wildman–Crippen MR) is 67.6 cm³/mol. The maximum atomic E-state index is 14.1. The minimum absolute atomic E-state index is 0.0222. The number of nitrogens with zero attached hydrogens (tertiary/aromatic N) is 1. The highest BCUT2D eigenvalue weighted by molar-refractivity contribution is 6.07. The summed E-state index contributed by atoms with van der Waals surface area (Å²) in [6.07, 6.45) is 1.07. The van der Waals surface area contributed by atoms with Crippen molar-refractivity contribution < 1.29 is 18.4 Å². The maximum Gasteiger partial charge on any atom is 0.237 e. The Kier molecular flexibility index (Phi) is 2.67. The zero-order valence-corrected chi connectivity index (χ0v) is 10.6. The van der Waals surface area contributed by atoms with Crippen molar-refractivity contribution in [3.63, 3.8) is 0 Å². The molecule has 1 aliphatic rings. The average Bonchev–Trinajstić information content (AvgIpc) is 2.67. The number of fused-ring (bicyclic) bond motifs is 1. The first-order chi connectivity index (χ1) is 9.50. The van der Waals surface area contributed by atoms with Crippen molar-refractivity contribution in [1.82, 2.24) is 4.90 Å². The SMILES string of the molecule is CN1C(=O)CC(c2c(F)ccc3occc(=O)c23)C1=O. The van der Waals surface area contributed by atoms with E-state index in [1.165, 1.54) is 19.4 Å². The van der Waals surface area contributed by atoms with Gasteiger partial charge in [-0.15, -0.1) is 0 Å². The Hall–Kier alpha value is -2.50. The normalized spacial score (nSPS) is 19.1. The number of imide groups is 1. The number of likely N-dealkylation sites (N-methyl/N-ethyl adjacent to an activating group) is 1. The summed E-state index contributed by atoms with van der Waals surface area (Å²) >= 11 is 0. The molecule has 0 bridgehead atoms. The van der Waals surface area contributed by atoms with Gasteiger partial charge >= 0.3 is 0 Å². The third-order valence-electron chi connectivity index (χ3n) is 3.54. The van der Waals surface area contributed by atoms with Crippen molar-refractivity contribution >= 4 is 22.8 Å². The number of halogens is 1. The summed E-state index contributed by atoms with van der Waals surface area (Å²) in [6.45, 7) is 0. The van der Waals surface area contributed by atoms with Crippen LogP contribution in [0.25, 0.3) is 11.0 Å². The van der Waals surface area contributed by atoms with Crippen molar-refractivity contribution in [3.05, 3.63) is 46.1 Å². The Labute approximate surface area is 112 Å². The minimum atomic E-state index is -0.971. The molecule has 1 fully saturated rings. The lowest BCUT2D eigenvalue weighted by Crippen LogP contribution is -2.25. The Bertz CT molecular complexity index is 795. The summed E-state index contributed by atoms with van der Waals surface area (Å²) in [7, 11) is 1.34. The van der Waals surface area contributed by atoms with Crippen LogP contribution in [0.15, 0.2) is 33.7 Å². The number of rotatable bonds is 1. The molecule has 1 aliphatic heterocycles. The van der Waals surface area contributed by atoms with Gasteiger partial charge in [-0.2, -0.15) is 0 Å². The Morgan fingerprint density at radius 3 is 2.65 bits per heavy atom. The highest BCUT2D eigenvalue weighted by atomic mass is 19.1. The largest absolute Gasteiger partial charge is 0.464 e. The first-order valence-electron chi connectivity index (χ1n) is 6.01. The highest BCUT2D eigenvalue weighted by Crippen LogP contribution is 2.34. The Morgan fingerprint density at radius 1 is 1.25 bits per heavy atom. The molecule has 2 aromatic rings. The Morgan fingerprint density at radius 2 is 2.00 bits per heavy atom. The summed E-state index contributed by atoms with van der Waals surface area (Å²) in [4.78, 5) is 36.5. The highest BCUT2D eigenvalue weighted by Gasteiger charge is 2.39. The second-order valence-corrected chi connectivity index (χ2v) is 4.67. The van der Waals surface area contributed by atoms with Crippen LogP contribution in [0.2, 0.25) is 0 Å². The van der Waals surface area contributed by atoms with Crippen molar-refractivity contribution in [2.45, 2.75) is 12.3 Å². The van der Waals surface area contributed by atoms with Gasteiger partial charge < -0.3 is 4.42 Å². The van der Waals surface area contributed by atoms with Crippen molar-refractivity contribution in [2.24, 2.45) is 0 Å². The number of carbonyl (C=O) groups excluding carboxylic acids is 2. The minimum Gasteiger partial charge on any atom is -0.464 e. The topological polar surface area (TPSA) is 67.6 Å². The second kappa shape index (κ2) is 4.26. The molecule has 1 unspecified atom stereocenters. The number of carbonyl (C=O) groups is 2. The van der Waals surface area contributed by atoms with Crippen LogP contribution in [0.1, 0.15) is 17.9 Å². The van der Waals surface area contributed by atoms with E-state index >= 15 is 0 Å². The van der Waals surface area contributed by atoms with Crippen LogP contribution >= 0.6 is 0 Å². The smallest absolute Gasteiger partial charge is 0.237 e. The number of hydrogen-bond donors (Lipinski definition) is 0. The zero-order valence-electron chi connectivity index (χ0n) is 10.6. The van der Waals surface area contributed by atoms with Gasteiger partial charge in [-0.3, -0.25) is 19.3 Å². The first kappa shape index (κ1) is 12.5. The summed E-state index contributed by atoms with van der Waals surface area (Å²) in [6, 6.07) is 3.63. The van der Waals surface area contributed by atoms with Gasteiger partial charge in [0.2, 0.25) is 11.8 Å². The summed E-state index contributed by atoms with van der Waals surface area (Å²) in [5, 5.41) is 0.0222. The molecule has 0 saturated carbocycles. The van der Waals surface area contributed by atoms with E-state index in [1.807, 2.05) is 0 Å². The lowest BCUT2D eigenvalue weighted by atomic mass is 9.93. The van der Waals surface area contributed by atoms with E-state index in [1.54, 1.807) is 0 Å². The fraction of sp³-hybridized carbons (Fsp3) is 0.214.